The molecular formula is C13H24. The van der Waals surface area contributed by atoms with E-state index >= 15 is 0 Å². The summed E-state index contributed by atoms with van der Waals surface area (Å²) >= 11 is 0. The monoisotopic (exact) mass is 180 g/mol. The van der Waals surface area contributed by atoms with Crippen LogP contribution in [0.4, 0.5) is 0 Å². The molecule has 0 aromatic rings. The third-order valence-corrected chi connectivity index (χ3v) is 3.13. The number of allylic oxidation sites excluding steroid dienone is 2. The highest BCUT2D eigenvalue weighted by molar-refractivity contribution is 5.06. The van der Waals surface area contributed by atoms with Crippen LogP contribution in [-0.2, 0) is 0 Å². The van der Waals surface area contributed by atoms with Gasteiger partial charge in [0.05, 0.1) is 0 Å². The van der Waals surface area contributed by atoms with Crippen molar-refractivity contribution in [3.63, 3.8) is 0 Å². The minimum Gasteiger partial charge on any atom is -0.0851 e. The first-order valence-electron chi connectivity index (χ1n) is 6.05. The van der Waals surface area contributed by atoms with E-state index in [-0.39, 0.29) is 0 Å². The molecule has 2 bridgehead atoms. The summed E-state index contributed by atoms with van der Waals surface area (Å²) in [6.07, 6.45) is 14.7. The highest BCUT2D eigenvalue weighted by Gasteiger charge is 2.25. The summed E-state index contributed by atoms with van der Waals surface area (Å²) < 4.78 is 0. The fourth-order valence-corrected chi connectivity index (χ4v) is 2.22. The van der Waals surface area contributed by atoms with Crippen molar-refractivity contribution in [3.8, 4) is 0 Å². The molecule has 0 radical (unpaired) electrons. The van der Waals surface area contributed by atoms with Gasteiger partial charge in [0.1, 0.15) is 0 Å². The number of unbranched alkanes of at least 4 members (excludes halogenated alkanes) is 3. The Morgan fingerprint density at radius 3 is 1.54 bits per heavy atom. The van der Waals surface area contributed by atoms with Gasteiger partial charge in [-0.1, -0.05) is 51.7 Å². The highest BCUT2D eigenvalue weighted by Crippen LogP contribution is 2.38. The highest BCUT2D eigenvalue weighted by atomic mass is 14.3. The largest absolute Gasteiger partial charge is 0.0851 e. The van der Waals surface area contributed by atoms with Crippen molar-refractivity contribution < 1.29 is 0 Å². The van der Waals surface area contributed by atoms with Crippen LogP contribution in [0.15, 0.2) is 12.2 Å². The summed E-state index contributed by atoms with van der Waals surface area (Å²) in [7, 11) is 0. The van der Waals surface area contributed by atoms with Crippen molar-refractivity contribution >= 4 is 0 Å². The summed E-state index contributed by atoms with van der Waals surface area (Å²) in [5.74, 6) is 1.98. The molecule has 2 rings (SSSR count). The Labute approximate surface area is 83.4 Å². The first-order chi connectivity index (χ1) is 6.36. The molecule has 2 atom stereocenters. The molecule has 1 fully saturated rings. The van der Waals surface area contributed by atoms with Gasteiger partial charge in [0.15, 0.2) is 0 Å². The molecule has 2 aliphatic rings. The summed E-state index contributed by atoms with van der Waals surface area (Å²) in [6.45, 7) is 4.46. The molecule has 0 amide bonds. The van der Waals surface area contributed by atoms with Crippen LogP contribution >= 0.6 is 0 Å². The van der Waals surface area contributed by atoms with Gasteiger partial charge in [-0.3, -0.25) is 0 Å². The number of rotatable bonds is 3. The quantitative estimate of drug-likeness (QED) is 0.441. The molecule has 13 heavy (non-hydrogen) atoms. The Kier molecular flexibility index (Phi) is 5.19. The second-order valence-electron chi connectivity index (χ2n) is 4.43. The van der Waals surface area contributed by atoms with E-state index in [1.165, 1.54) is 44.9 Å². The van der Waals surface area contributed by atoms with E-state index in [0.717, 1.165) is 11.8 Å². The fourth-order valence-electron chi connectivity index (χ4n) is 2.22. The second kappa shape index (κ2) is 6.23. The molecule has 0 spiro atoms. The maximum atomic E-state index is 2.38. The minimum atomic E-state index is 0.991. The first kappa shape index (κ1) is 10.8. The molecule has 2 aliphatic carbocycles. The number of fused-ring (bicyclic) bond motifs is 2. The average Bonchev–Trinajstić information content (AvgIpc) is 2.79. The SMILES string of the molecule is C1=CC2CCC1C2.CCCCCC. The van der Waals surface area contributed by atoms with E-state index in [1.54, 1.807) is 0 Å². The van der Waals surface area contributed by atoms with Gasteiger partial charge in [-0.2, -0.15) is 0 Å². The third-order valence-electron chi connectivity index (χ3n) is 3.13. The van der Waals surface area contributed by atoms with Crippen molar-refractivity contribution in [1.82, 2.24) is 0 Å². The summed E-state index contributed by atoms with van der Waals surface area (Å²) in [5, 5.41) is 0. The van der Waals surface area contributed by atoms with E-state index in [9.17, 15) is 0 Å². The van der Waals surface area contributed by atoms with Crippen molar-refractivity contribution in [3.05, 3.63) is 12.2 Å². The lowest BCUT2D eigenvalue weighted by atomic mass is 10.1. The molecule has 0 nitrogen and oxygen atoms in total. The predicted molar refractivity (Wildman–Crippen MR) is 59.8 cm³/mol. The van der Waals surface area contributed by atoms with Gasteiger partial charge in [-0.15, -0.1) is 0 Å². The van der Waals surface area contributed by atoms with Gasteiger partial charge in [-0.25, -0.2) is 0 Å². The zero-order valence-corrected chi connectivity index (χ0v) is 9.26. The van der Waals surface area contributed by atoms with E-state index in [1.807, 2.05) is 0 Å². The molecule has 0 aromatic carbocycles. The number of hydrogen-bond acceptors (Lipinski definition) is 0. The van der Waals surface area contributed by atoms with Crippen molar-refractivity contribution in [2.24, 2.45) is 11.8 Å². The summed E-state index contributed by atoms with van der Waals surface area (Å²) in [4.78, 5) is 0. The standard InChI is InChI=1S/C7H10.C6H14/c1-2-7-4-3-6(1)5-7;1-3-5-6-4-2/h1-2,6-7H,3-5H2;3-6H2,1-2H3. The molecular weight excluding hydrogens is 156 g/mol. The Morgan fingerprint density at radius 1 is 0.923 bits per heavy atom. The lowest BCUT2D eigenvalue weighted by Crippen LogP contribution is -1.82. The Hall–Kier alpha value is -0.260. The smallest absolute Gasteiger partial charge is 0.0228 e. The maximum absolute atomic E-state index is 2.38. The van der Waals surface area contributed by atoms with E-state index in [0.29, 0.717) is 0 Å². The molecule has 0 aromatic heterocycles. The molecule has 0 heterocycles. The molecule has 0 heteroatoms. The van der Waals surface area contributed by atoms with Crippen molar-refractivity contribution in [2.45, 2.75) is 58.8 Å². The Bertz CT molecular complexity index is 130. The van der Waals surface area contributed by atoms with Crippen LogP contribution in [0.25, 0.3) is 0 Å². The topological polar surface area (TPSA) is 0 Å². The summed E-state index contributed by atoms with van der Waals surface area (Å²) in [6, 6.07) is 0. The van der Waals surface area contributed by atoms with Crippen LogP contribution < -0.4 is 0 Å². The van der Waals surface area contributed by atoms with E-state index < -0.39 is 0 Å². The van der Waals surface area contributed by atoms with Gasteiger partial charge >= 0.3 is 0 Å². The molecule has 76 valence electrons. The molecule has 0 saturated heterocycles. The van der Waals surface area contributed by atoms with Crippen LogP contribution in [0.5, 0.6) is 0 Å². The van der Waals surface area contributed by atoms with Gasteiger partial charge in [0.2, 0.25) is 0 Å². The minimum absolute atomic E-state index is 0.991. The van der Waals surface area contributed by atoms with E-state index in [4.69, 9.17) is 0 Å². The van der Waals surface area contributed by atoms with Crippen LogP contribution in [-0.4, -0.2) is 0 Å². The lowest BCUT2D eigenvalue weighted by molar-refractivity contribution is 0.691. The number of hydrogen-bond donors (Lipinski definition) is 0. The average molecular weight is 180 g/mol. The van der Waals surface area contributed by atoms with E-state index in [2.05, 4.69) is 26.0 Å². The van der Waals surface area contributed by atoms with Crippen LogP contribution in [0.3, 0.4) is 0 Å². The van der Waals surface area contributed by atoms with Gasteiger partial charge in [0, 0.05) is 0 Å². The Balaban J connectivity index is 0.000000133. The van der Waals surface area contributed by atoms with Crippen molar-refractivity contribution in [1.29, 1.82) is 0 Å². The lowest BCUT2D eigenvalue weighted by Gasteiger charge is -1.96. The normalized spacial score (nSPS) is 28.8. The van der Waals surface area contributed by atoms with Crippen LogP contribution in [0.1, 0.15) is 58.8 Å². The van der Waals surface area contributed by atoms with Crippen LogP contribution in [0.2, 0.25) is 0 Å². The second-order valence-corrected chi connectivity index (χ2v) is 4.43. The molecule has 1 saturated carbocycles. The Morgan fingerprint density at radius 2 is 1.38 bits per heavy atom. The first-order valence-corrected chi connectivity index (χ1v) is 6.05. The zero-order valence-electron chi connectivity index (χ0n) is 9.26. The van der Waals surface area contributed by atoms with Crippen LogP contribution in [0, 0.1) is 11.8 Å². The predicted octanol–water partition coefficient (Wildman–Crippen LogP) is 4.56. The maximum Gasteiger partial charge on any atom is -0.0228 e. The van der Waals surface area contributed by atoms with Gasteiger partial charge < -0.3 is 0 Å². The molecule has 0 N–H and O–H groups in total. The summed E-state index contributed by atoms with van der Waals surface area (Å²) in [5.41, 5.74) is 0. The fraction of sp³-hybridized carbons (Fsp3) is 0.846. The van der Waals surface area contributed by atoms with Crippen molar-refractivity contribution in [2.75, 3.05) is 0 Å². The zero-order chi connectivity index (χ0) is 9.52. The van der Waals surface area contributed by atoms with Gasteiger partial charge in [-0.05, 0) is 31.1 Å². The molecule has 2 unspecified atom stereocenters. The molecule has 0 aliphatic heterocycles. The van der Waals surface area contributed by atoms with Gasteiger partial charge in [0.25, 0.3) is 0 Å². The third kappa shape index (κ3) is 3.97.